The highest BCUT2D eigenvalue weighted by atomic mass is 19.1. The Labute approximate surface area is 179 Å². The van der Waals surface area contributed by atoms with Gasteiger partial charge >= 0.3 is 0 Å². The summed E-state index contributed by atoms with van der Waals surface area (Å²) in [5, 5.41) is 0.982. The smallest absolute Gasteiger partial charge is 0.256 e. The Hall–Kier alpha value is -3.80. The summed E-state index contributed by atoms with van der Waals surface area (Å²) in [7, 11) is 0. The average Bonchev–Trinajstić information content (AvgIpc) is 2.84. The predicted molar refractivity (Wildman–Crippen MR) is 119 cm³/mol. The molecule has 1 aliphatic rings. The van der Waals surface area contributed by atoms with Gasteiger partial charge in [0.05, 0.1) is 11.1 Å². The van der Waals surface area contributed by atoms with Crippen LogP contribution >= 0.6 is 0 Å². The van der Waals surface area contributed by atoms with Crippen molar-refractivity contribution in [2.75, 3.05) is 31.1 Å². The highest BCUT2D eigenvalue weighted by molar-refractivity contribution is 5.95. The number of hydrogen-bond donors (Lipinski definition) is 0. The van der Waals surface area contributed by atoms with Gasteiger partial charge in [-0.1, -0.05) is 54.6 Å². The molecular weight excluding hydrogens is 391 g/mol. The standard InChI is InChI=1S/C25H21FN4O/c26-21-12-6-4-10-19(21)25(31)30-16-14-29(15-17-30)24-20-11-5-7-13-22(20)27-23(28-24)18-8-2-1-3-9-18/h1-13H,14-17H2. The highest BCUT2D eigenvalue weighted by Gasteiger charge is 2.26. The Bertz CT molecular complexity index is 1240. The summed E-state index contributed by atoms with van der Waals surface area (Å²) in [6.45, 7) is 2.25. The van der Waals surface area contributed by atoms with Crippen LogP contribution in [0.25, 0.3) is 22.3 Å². The van der Waals surface area contributed by atoms with Gasteiger partial charge in [-0.15, -0.1) is 0 Å². The Morgan fingerprint density at radius 3 is 2.23 bits per heavy atom. The number of aromatic nitrogens is 2. The van der Waals surface area contributed by atoms with Gasteiger partial charge in [0, 0.05) is 37.1 Å². The number of nitrogens with zero attached hydrogens (tertiary/aromatic N) is 4. The van der Waals surface area contributed by atoms with Crippen molar-refractivity contribution in [3.05, 3.63) is 90.2 Å². The number of anilines is 1. The summed E-state index contributed by atoms with van der Waals surface area (Å²) in [5.74, 6) is 0.793. The summed E-state index contributed by atoms with van der Waals surface area (Å²) in [4.78, 5) is 26.3. The van der Waals surface area contributed by atoms with E-state index in [-0.39, 0.29) is 11.5 Å². The molecule has 0 aliphatic carbocycles. The first kappa shape index (κ1) is 19.2. The van der Waals surface area contributed by atoms with Crippen molar-refractivity contribution in [3.63, 3.8) is 0 Å². The molecule has 2 heterocycles. The number of carbonyl (C=O) groups excluding carboxylic acids is 1. The first-order valence-corrected chi connectivity index (χ1v) is 10.3. The molecule has 5 rings (SSSR count). The Kier molecular flexibility index (Phi) is 5.04. The maximum Gasteiger partial charge on any atom is 0.256 e. The van der Waals surface area contributed by atoms with Crippen molar-refractivity contribution < 1.29 is 9.18 Å². The molecular formula is C25H21FN4O. The van der Waals surface area contributed by atoms with Crippen molar-refractivity contribution in [1.82, 2.24) is 14.9 Å². The van der Waals surface area contributed by atoms with E-state index in [1.807, 2.05) is 54.6 Å². The van der Waals surface area contributed by atoms with Crippen molar-refractivity contribution in [1.29, 1.82) is 0 Å². The van der Waals surface area contributed by atoms with E-state index in [1.54, 1.807) is 17.0 Å². The van der Waals surface area contributed by atoms with E-state index in [4.69, 9.17) is 9.97 Å². The van der Waals surface area contributed by atoms with Crippen molar-refractivity contribution in [2.45, 2.75) is 0 Å². The van der Waals surface area contributed by atoms with Crippen LogP contribution in [0, 0.1) is 5.82 Å². The third-order valence-corrected chi connectivity index (χ3v) is 5.59. The normalized spacial score (nSPS) is 14.1. The summed E-state index contributed by atoms with van der Waals surface area (Å²) in [5.41, 5.74) is 1.97. The molecule has 0 bridgehead atoms. The number of carbonyl (C=O) groups is 1. The lowest BCUT2D eigenvalue weighted by Crippen LogP contribution is -2.49. The van der Waals surface area contributed by atoms with Crippen LogP contribution in [0.2, 0.25) is 0 Å². The minimum Gasteiger partial charge on any atom is -0.352 e. The minimum atomic E-state index is -0.482. The summed E-state index contributed by atoms with van der Waals surface area (Å²) >= 11 is 0. The molecule has 0 N–H and O–H groups in total. The van der Waals surface area contributed by atoms with Crippen LogP contribution in [0.15, 0.2) is 78.9 Å². The Morgan fingerprint density at radius 2 is 1.45 bits per heavy atom. The van der Waals surface area contributed by atoms with Gasteiger partial charge in [0.15, 0.2) is 5.82 Å². The lowest BCUT2D eigenvalue weighted by molar-refractivity contribution is 0.0742. The number of para-hydroxylation sites is 1. The van der Waals surface area contributed by atoms with Crippen molar-refractivity contribution in [3.8, 4) is 11.4 Å². The fourth-order valence-electron chi connectivity index (χ4n) is 3.94. The third kappa shape index (κ3) is 3.72. The van der Waals surface area contributed by atoms with Gasteiger partial charge in [0.2, 0.25) is 0 Å². The maximum absolute atomic E-state index is 14.0. The molecule has 1 saturated heterocycles. The zero-order valence-corrected chi connectivity index (χ0v) is 16.9. The van der Waals surface area contributed by atoms with E-state index in [0.29, 0.717) is 32.0 Å². The zero-order chi connectivity index (χ0) is 21.2. The molecule has 0 atom stereocenters. The largest absolute Gasteiger partial charge is 0.352 e. The quantitative estimate of drug-likeness (QED) is 0.501. The Morgan fingerprint density at radius 1 is 0.774 bits per heavy atom. The van der Waals surface area contributed by atoms with Crippen molar-refractivity contribution in [2.24, 2.45) is 0 Å². The molecule has 0 radical (unpaired) electrons. The van der Waals surface area contributed by atoms with Crippen LogP contribution in [0.1, 0.15) is 10.4 Å². The number of fused-ring (bicyclic) bond motifs is 1. The number of amides is 1. The van der Waals surface area contributed by atoms with Gasteiger partial charge in [0.1, 0.15) is 11.6 Å². The maximum atomic E-state index is 14.0. The molecule has 31 heavy (non-hydrogen) atoms. The molecule has 1 aliphatic heterocycles. The monoisotopic (exact) mass is 412 g/mol. The number of halogens is 1. The molecule has 6 heteroatoms. The topological polar surface area (TPSA) is 49.3 Å². The first-order valence-electron chi connectivity index (χ1n) is 10.3. The van der Waals surface area contributed by atoms with Crippen LogP contribution in [0.5, 0.6) is 0 Å². The van der Waals surface area contributed by atoms with Crippen LogP contribution in [-0.4, -0.2) is 47.0 Å². The SMILES string of the molecule is O=C(c1ccccc1F)N1CCN(c2nc(-c3ccccc3)nc3ccccc23)CC1. The van der Waals surface area contributed by atoms with Gasteiger partial charge in [0.25, 0.3) is 5.91 Å². The molecule has 5 nitrogen and oxygen atoms in total. The van der Waals surface area contributed by atoms with Crippen LogP contribution < -0.4 is 4.90 Å². The minimum absolute atomic E-state index is 0.120. The van der Waals surface area contributed by atoms with Crippen LogP contribution in [-0.2, 0) is 0 Å². The van der Waals surface area contributed by atoms with E-state index in [9.17, 15) is 9.18 Å². The molecule has 0 spiro atoms. The van der Waals surface area contributed by atoms with Gasteiger partial charge in [-0.05, 0) is 24.3 Å². The van der Waals surface area contributed by atoms with Gasteiger partial charge in [-0.2, -0.15) is 0 Å². The fraction of sp³-hybridized carbons (Fsp3) is 0.160. The van der Waals surface area contributed by atoms with Crippen molar-refractivity contribution >= 4 is 22.6 Å². The van der Waals surface area contributed by atoms with E-state index < -0.39 is 5.82 Å². The molecule has 154 valence electrons. The van der Waals surface area contributed by atoms with E-state index in [0.717, 1.165) is 22.3 Å². The van der Waals surface area contributed by atoms with Crippen LogP contribution in [0.4, 0.5) is 10.2 Å². The van der Waals surface area contributed by atoms with E-state index >= 15 is 0 Å². The molecule has 1 amide bonds. The third-order valence-electron chi connectivity index (χ3n) is 5.59. The van der Waals surface area contributed by atoms with Gasteiger partial charge in [-0.25, -0.2) is 14.4 Å². The summed E-state index contributed by atoms with van der Waals surface area (Å²) < 4.78 is 14.0. The summed E-state index contributed by atoms with van der Waals surface area (Å²) in [6.07, 6.45) is 0. The molecule has 0 unspecified atom stereocenters. The highest BCUT2D eigenvalue weighted by Crippen LogP contribution is 2.28. The lowest BCUT2D eigenvalue weighted by Gasteiger charge is -2.36. The predicted octanol–water partition coefficient (Wildman–Crippen LogP) is 4.40. The van der Waals surface area contributed by atoms with Gasteiger partial charge in [-0.3, -0.25) is 4.79 Å². The molecule has 0 saturated carbocycles. The number of hydrogen-bond acceptors (Lipinski definition) is 4. The van der Waals surface area contributed by atoms with E-state index in [2.05, 4.69) is 4.90 Å². The molecule has 3 aromatic carbocycles. The Balaban J connectivity index is 1.43. The average molecular weight is 412 g/mol. The second-order valence-electron chi connectivity index (χ2n) is 7.51. The summed E-state index contributed by atoms with van der Waals surface area (Å²) in [6, 6.07) is 24.0. The number of benzene rings is 3. The number of piperazine rings is 1. The molecule has 4 aromatic rings. The molecule has 1 fully saturated rings. The molecule has 1 aromatic heterocycles. The lowest BCUT2D eigenvalue weighted by atomic mass is 10.1. The zero-order valence-electron chi connectivity index (χ0n) is 16.9. The second-order valence-corrected chi connectivity index (χ2v) is 7.51. The number of rotatable bonds is 3. The van der Waals surface area contributed by atoms with Crippen LogP contribution in [0.3, 0.4) is 0 Å². The van der Waals surface area contributed by atoms with E-state index in [1.165, 1.54) is 12.1 Å². The second kappa shape index (κ2) is 8.14. The van der Waals surface area contributed by atoms with Gasteiger partial charge < -0.3 is 9.80 Å². The first-order chi connectivity index (χ1) is 15.2. The fourth-order valence-corrected chi connectivity index (χ4v) is 3.94.